The van der Waals surface area contributed by atoms with E-state index in [1.165, 1.54) is 17.4 Å². The minimum Gasteiger partial charge on any atom is -0.296 e. The molecular formula is C21H24N4O3S2. The van der Waals surface area contributed by atoms with Crippen molar-refractivity contribution in [3.05, 3.63) is 64.2 Å². The van der Waals surface area contributed by atoms with E-state index in [0.29, 0.717) is 27.9 Å². The Morgan fingerprint density at radius 3 is 2.60 bits per heavy atom. The molecule has 2 aromatic carbocycles. The first-order valence-electron chi connectivity index (χ1n) is 9.48. The lowest BCUT2D eigenvalue weighted by atomic mass is 10.1. The highest BCUT2D eigenvalue weighted by Gasteiger charge is 2.18. The minimum absolute atomic E-state index is 0.212. The highest BCUT2D eigenvalue weighted by Crippen LogP contribution is 2.23. The molecule has 30 heavy (non-hydrogen) atoms. The molecule has 0 saturated carbocycles. The number of benzene rings is 2. The van der Waals surface area contributed by atoms with Crippen LogP contribution in [0.1, 0.15) is 40.3 Å². The van der Waals surface area contributed by atoms with Crippen LogP contribution in [-0.2, 0) is 16.4 Å². The number of aromatic nitrogens is 2. The Morgan fingerprint density at radius 1 is 1.10 bits per heavy atom. The predicted molar refractivity (Wildman–Crippen MR) is 120 cm³/mol. The standard InChI is InChI=1S/C21H24N4O3S2/c1-13(2)10-19-23-24-21(29-19)22-20(26)16-6-5-7-17(12-16)25-30(27,28)18-11-14(3)8-9-15(18)4/h5-9,11-13,25H,10H2,1-4H3,(H,22,24,26). The fourth-order valence-corrected chi connectivity index (χ4v) is 5.16. The molecule has 1 heterocycles. The molecule has 7 nitrogen and oxygen atoms in total. The van der Waals surface area contributed by atoms with Crippen LogP contribution >= 0.6 is 11.3 Å². The Morgan fingerprint density at radius 2 is 1.87 bits per heavy atom. The fraction of sp³-hybridized carbons (Fsp3) is 0.286. The molecule has 158 valence electrons. The third kappa shape index (κ3) is 5.43. The van der Waals surface area contributed by atoms with Gasteiger partial charge in [-0.25, -0.2) is 8.42 Å². The van der Waals surface area contributed by atoms with E-state index in [9.17, 15) is 13.2 Å². The zero-order valence-corrected chi connectivity index (χ0v) is 18.9. The first-order chi connectivity index (χ1) is 14.1. The smallest absolute Gasteiger partial charge is 0.262 e. The molecule has 1 aromatic heterocycles. The van der Waals surface area contributed by atoms with Gasteiger partial charge in [0.25, 0.3) is 15.9 Å². The molecule has 0 bridgehead atoms. The van der Waals surface area contributed by atoms with Crippen LogP contribution in [0.3, 0.4) is 0 Å². The molecule has 1 amide bonds. The summed E-state index contributed by atoms with van der Waals surface area (Å²) >= 11 is 1.33. The zero-order valence-electron chi connectivity index (χ0n) is 17.3. The summed E-state index contributed by atoms with van der Waals surface area (Å²) in [6.07, 6.45) is 0.795. The number of hydrogen-bond acceptors (Lipinski definition) is 6. The van der Waals surface area contributed by atoms with Gasteiger partial charge in [-0.15, -0.1) is 10.2 Å². The van der Waals surface area contributed by atoms with Gasteiger partial charge in [0.2, 0.25) is 5.13 Å². The van der Waals surface area contributed by atoms with Crippen molar-refractivity contribution in [2.24, 2.45) is 5.92 Å². The largest absolute Gasteiger partial charge is 0.296 e. The van der Waals surface area contributed by atoms with E-state index in [4.69, 9.17) is 0 Å². The molecule has 3 aromatic rings. The Hall–Kier alpha value is -2.78. The number of rotatable bonds is 7. The van der Waals surface area contributed by atoms with Crippen molar-refractivity contribution < 1.29 is 13.2 Å². The van der Waals surface area contributed by atoms with Gasteiger partial charge in [-0.2, -0.15) is 0 Å². The van der Waals surface area contributed by atoms with E-state index in [2.05, 4.69) is 34.1 Å². The van der Waals surface area contributed by atoms with E-state index >= 15 is 0 Å². The second kappa shape index (κ2) is 8.93. The molecule has 0 radical (unpaired) electrons. The molecule has 0 fully saturated rings. The first-order valence-corrected chi connectivity index (χ1v) is 11.8. The summed E-state index contributed by atoms with van der Waals surface area (Å²) in [4.78, 5) is 12.8. The number of hydrogen-bond donors (Lipinski definition) is 2. The van der Waals surface area contributed by atoms with E-state index in [-0.39, 0.29) is 10.8 Å². The third-order valence-corrected chi connectivity index (χ3v) is 6.66. The van der Waals surface area contributed by atoms with Crippen LogP contribution in [0, 0.1) is 19.8 Å². The van der Waals surface area contributed by atoms with E-state index in [0.717, 1.165) is 17.0 Å². The summed E-state index contributed by atoms with van der Waals surface area (Å²) in [6, 6.07) is 11.6. The molecule has 0 aliphatic rings. The maximum atomic E-state index is 12.8. The number of nitrogens with one attached hydrogen (secondary N) is 2. The summed E-state index contributed by atoms with van der Waals surface area (Å²) in [6.45, 7) is 7.76. The number of nitrogens with zero attached hydrogens (tertiary/aromatic N) is 2. The van der Waals surface area contributed by atoms with Crippen LogP contribution < -0.4 is 10.0 Å². The van der Waals surface area contributed by atoms with Gasteiger partial charge in [0, 0.05) is 17.7 Å². The molecule has 3 rings (SSSR count). The molecule has 0 saturated heterocycles. The van der Waals surface area contributed by atoms with Gasteiger partial charge in [-0.3, -0.25) is 14.8 Å². The monoisotopic (exact) mass is 444 g/mol. The molecular weight excluding hydrogens is 420 g/mol. The van der Waals surface area contributed by atoms with Gasteiger partial charge in [-0.05, 0) is 55.2 Å². The molecule has 9 heteroatoms. The van der Waals surface area contributed by atoms with E-state index in [1.807, 2.05) is 13.0 Å². The minimum atomic E-state index is -3.78. The molecule has 0 unspecified atom stereocenters. The molecule has 0 atom stereocenters. The topological polar surface area (TPSA) is 101 Å². The lowest BCUT2D eigenvalue weighted by Crippen LogP contribution is -2.16. The van der Waals surface area contributed by atoms with Gasteiger partial charge in [0.05, 0.1) is 4.90 Å². The maximum Gasteiger partial charge on any atom is 0.262 e. The normalized spacial score (nSPS) is 11.5. The SMILES string of the molecule is Cc1ccc(C)c(S(=O)(=O)Nc2cccc(C(=O)Nc3nnc(CC(C)C)s3)c2)c1. The second-order valence-corrected chi connectivity index (χ2v) is 10.2. The number of aryl methyl sites for hydroxylation is 2. The van der Waals surface area contributed by atoms with Crippen LogP contribution in [0.5, 0.6) is 0 Å². The average molecular weight is 445 g/mol. The fourth-order valence-electron chi connectivity index (χ4n) is 2.84. The number of carbonyl (C=O) groups is 1. The number of anilines is 2. The Labute approximate surface area is 180 Å². The van der Waals surface area contributed by atoms with Crippen LogP contribution in [0.2, 0.25) is 0 Å². The van der Waals surface area contributed by atoms with Gasteiger partial charge in [0.15, 0.2) is 0 Å². The van der Waals surface area contributed by atoms with Gasteiger partial charge in [0.1, 0.15) is 5.01 Å². The Bertz CT molecular complexity index is 1170. The van der Waals surface area contributed by atoms with Crippen LogP contribution in [0.4, 0.5) is 10.8 Å². The van der Waals surface area contributed by atoms with Gasteiger partial charge >= 0.3 is 0 Å². The van der Waals surface area contributed by atoms with Gasteiger partial charge < -0.3 is 0 Å². The highest BCUT2D eigenvalue weighted by molar-refractivity contribution is 7.92. The Balaban J connectivity index is 1.76. The average Bonchev–Trinajstić information content (AvgIpc) is 3.09. The van der Waals surface area contributed by atoms with Crippen molar-refractivity contribution >= 4 is 38.1 Å². The predicted octanol–water partition coefficient (Wildman–Crippen LogP) is 4.41. The zero-order chi connectivity index (χ0) is 21.9. The molecule has 0 spiro atoms. The summed E-state index contributed by atoms with van der Waals surface area (Å²) < 4.78 is 28.2. The van der Waals surface area contributed by atoms with Crippen LogP contribution in [-0.4, -0.2) is 24.5 Å². The second-order valence-electron chi connectivity index (χ2n) is 7.51. The number of carbonyl (C=O) groups excluding carboxylic acids is 1. The summed E-state index contributed by atoms with van der Waals surface area (Å²) in [5.74, 6) is 0.0678. The van der Waals surface area contributed by atoms with Crippen molar-refractivity contribution in [2.75, 3.05) is 10.0 Å². The lowest BCUT2D eigenvalue weighted by Gasteiger charge is -2.12. The number of sulfonamides is 1. The van der Waals surface area contributed by atoms with Crippen molar-refractivity contribution in [3.63, 3.8) is 0 Å². The quantitative estimate of drug-likeness (QED) is 0.562. The van der Waals surface area contributed by atoms with Crippen LogP contribution in [0.15, 0.2) is 47.4 Å². The van der Waals surface area contributed by atoms with Crippen molar-refractivity contribution in [2.45, 2.75) is 39.0 Å². The van der Waals surface area contributed by atoms with Crippen molar-refractivity contribution in [1.29, 1.82) is 0 Å². The van der Waals surface area contributed by atoms with Crippen LogP contribution in [0.25, 0.3) is 0 Å². The van der Waals surface area contributed by atoms with Crippen molar-refractivity contribution in [1.82, 2.24) is 10.2 Å². The number of amides is 1. The molecule has 2 N–H and O–H groups in total. The maximum absolute atomic E-state index is 12.8. The van der Waals surface area contributed by atoms with E-state index < -0.39 is 10.0 Å². The summed E-state index contributed by atoms with van der Waals surface area (Å²) in [5.41, 5.74) is 2.12. The third-order valence-electron chi connectivity index (χ3n) is 4.28. The van der Waals surface area contributed by atoms with E-state index in [1.54, 1.807) is 37.3 Å². The molecule has 0 aliphatic carbocycles. The summed E-state index contributed by atoms with van der Waals surface area (Å²) in [7, 11) is -3.78. The highest BCUT2D eigenvalue weighted by atomic mass is 32.2. The summed E-state index contributed by atoms with van der Waals surface area (Å²) in [5, 5.41) is 12.1. The lowest BCUT2D eigenvalue weighted by molar-refractivity contribution is 0.102. The first kappa shape index (κ1) is 21.9. The van der Waals surface area contributed by atoms with Gasteiger partial charge in [-0.1, -0.05) is 43.4 Å². The molecule has 0 aliphatic heterocycles. The van der Waals surface area contributed by atoms with Crippen molar-refractivity contribution in [3.8, 4) is 0 Å². The Kier molecular flexibility index (Phi) is 6.52.